The summed E-state index contributed by atoms with van der Waals surface area (Å²) < 4.78 is 5.68. The number of aliphatic hydroxyl groups excluding tert-OH is 1. The molecule has 2 heterocycles. The summed E-state index contributed by atoms with van der Waals surface area (Å²) in [6.45, 7) is 5.20. The maximum absolute atomic E-state index is 12.8. The van der Waals surface area contributed by atoms with E-state index in [1.165, 1.54) is 11.3 Å². The molecule has 7 nitrogen and oxygen atoms in total. The number of para-hydroxylation sites is 1. The number of carbonyl (C=O) groups is 2. The van der Waals surface area contributed by atoms with Crippen LogP contribution in [0, 0.1) is 11.3 Å². The van der Waals surface area contributed by atoms with Gasteiger partial charge in [0.05, 0.1) is 25.3 Å². The van der Waals surface area contributed by atoms with E-state index in [4.69, 9.17) is 9.84 Å². The highest BCUT2D eigenvalue weighted by atomic mass is 32.1. The van der Waals surface area contributed by atoms with Crippen LogP contribution in [0.25, 0.3) is 0 Å². The number of nitrogens with zero attached hydrogens (tertiary/aromatic N) is 2. The van der Waals surface area contributed by atoms with Gasteiger partial charge in [-0.25, -0.2) is 0 Å². The zero-order valence-corrected chi connectivity index (χ0v) is 18.6. The minimum atomic E-state index is -0.179. The Bertz CT molecular complexity index is 995. The fourth-order valence-corrected chi connectivity index (χ4v) is 5.05. The summed E-state index contributed by atoms with van der Waals surface area (Å²) in [7, 11) is 0. The molecule has 164 valence electrons. The number of amides is 2. The fourth-order valence-electron chi connectivity index (χ4n) is 3.82. The van der Waals surface area contributed by atoms with Crippen molar-refractivity contribution < 1.29 is 19.4 Å². The molecule has 2 aromatic rings. The third-order valence-electron chi connectivity index (χ3n) is 5.34. The van der Waals surface area contributed by atoms with Crippen molar-refractivity contribution in [3.63, 3.8) is 0 Å². The Morgan fingerprint density at radius 2 is 2.16 bits per heavy atom. The van der Waals surface area contributed by atoms with Crippen LogP contribution >= 0.6 is 11.3 Å². The summed E-state index contributed by atoms with van der Waals surface area (Å²) in [5, 5.41) is 22.1. The van der Waals surface area contributed by atoms with E-state index >= 15 is 0 Å². The minimum absolute atomic E-state index is 0.0468. The van der Waals surface area contributed by atoms with Gasteiger partial charge in [-0.1, -0.05) is 25.1 Å². The normalized spacial score (nSPS) is 13.8. The van der Waals surface area contributed by atoms with E-state index in [1.54, 1.807) is 4.90 Å². The van der Waals surface area contributed by atoms with Gasteiger partial charge in [0.25, 0.3) is 0 Å². The van der Waals surface area contributed by atoms with Gasteiger partial charge >= 0.3 is 0 Å². The number of nitrogens with one attached hydrogen (secondary N) is 1. The second-order valence-electron chi connectivity index (χ2n) is 7.48. The van der Waals surface area contributed by atoms with Gasteiger partial charge in [0.1, 0.15) is 16.8 Å². The van der Waals surface area contributed by atoms with E-state index in [1.807, 2.05) is 38.1 Å². The highest BCUT2D eigenvalue weighted by Gasteiger charge is 2.27. The van der Waals surface area contributed by atoms with Gasteiger partial charge in [-0.2, -0.15) is 5.26 Å². The molecular formula is C23H27N3O4S. The standard InChI is InChI=1S/C23H27N3O4S/c1-3-30-19-7-5-4-6-16(19)15(2)12-21(28)25-23-18(13-24)17-8-10-26(14-20(17)31-23)22(29)9-11-27/h4-7,15,27H,3,8-12,14H2,1-2H3,(H,25,28)/t15-/m0/s1. The van der Waals surface area contributed by atoms with Crippen molar-refractivity contribution in [1.82, 2.24) is 4.90 Å². The first-order valence-corrected chi connectivity index (χ1v) is 11.2. The minimum Gasteiger partial charge on any atom is -0.494 e. The lowest BCUT2D eigenvalue weighted by molar-refractivity contribution is -0.132. The Labute approximate surface area is 186 Å². The van der Waals surface area contributed by atoms with Crippen LogP contribution in [0.15, 0.2) is 24.3 Å². The van der Waals surface area contributed by atoms with E-state index in [9.17, 15) is 14.9 Å². The molecule has 8 heteroatoms. The van der Waals surface area contributed by atoms with Crippen molar-refractivity contribution in [2.45, 2.75) is 45.6 Å². The zero-order valence-electron chi connectivity index (χ0n) is 17.8. The van der Waals surface area contributed by atoms with Gasteiger partial charge in [-0.3, -0.25) is 9.59 Å². The molecule has 0 fully saturated rings. The van der Waals surface area contributed by atoms with Gasteiger partial charge in [0.15, 0.2) is 0 Å². The van der Waals surface area contributed by atoms with Gasteiger partial charge in [-0.15, -0.1) is 11.3 Å². The Morgan fingerprint density at radius 3 is 2.87 bits per heavy atom. The molecule has 0 saturated heterocycles. The van der Waals surface area contributed by atoms with Crippen molar-refractivity contribution in [3.05, 3.63) is 45.8 Å². The van der Waals surface area contributed by atoms with Gasteiger partial charge in [-0.05, 0) is 36.5 Å². The van der Waals surface area contributed by atoms with Crippen molar-refractivity contribution in [2.75, 3.05) is 25.1 Å². The lowest BCUT2D eigenvalue weighted by Crippen LogP contribution is -2.35. The number of carbonyl (C=O) groups excluding carboxylic acids is 2. The monoisotopic (exact) mass is 441 g/mol. The molecule has 0 saturated carbocycles. The molecule has 0 unspecified atom stereocenters. The van der Waals surface area contributed by atoms with Crippen molar-refractivity contribution in [1.29, 1.82) is 5.26 Å². The first-order chi connectivity index (χ1) is 15.0. The van der Waals surface area contributed by atoms with Crippen LogP contribution in [0.1, 0.15) is 54.2 Å². The number of aliphatic hydroxyl groups is 1. The fraction of sp³-hybridized carbons (Fsp3) is 0.435. The molecule has 1 aliphatic rings. The summed E-state index contributed by atoms with van der Waals surface area (Å²) in [4.78, 5) is 27.5. The topological polar surface area (TPSA) is 103 Å². The largest absolute Gasteiger partial charge is 0.494 e. The summed E-state index contributed by atoms with van der Waals surface area (Å²) in [6.07, 6.45) is 0.926. The number of hydrogen-bond acceptors (Lipinski definition) is 6. The molecule has 1 aromatic carbocycles. The SMILES string of the molecule is CCOc1ccccc1[C@@H](C)CC(=O)Nc1sc2c(c1C#N)CCN(C(=O)CCO)C2. The molecule has 0 radical (unpaired) electrons. The number of anilines is 1. The molecule has 0 spiro atoms. The number of nitriles is 1. The highest BCUT2D eigenvalue weighted by molar-refractivity contribution is 7.16. The maximum atomic E-state index is 12.8. The Kier molecular flexibility index (Phi) is 7.66. The first kappa shape index (κ1) is 22.8. The summed E-state index contributed by atoms with van der Waals surface area (Å²) in [5.41, 5.74) is 2.37. The number of ether oxygens (including phenoxy) is 1. The van der Waals surface area contributed by atoms with E-state index < -0.39 is 0 Å². The van der Waals surface area contributed by atoms with E-state index in [2.05, 4.69) is 11.4 Å². The summed E-state index contributed by atoms with van der Waals surface area (Å²) in [6, 6.07) is 9.92. The second kappa shape index (κ2) is 10.4. The number of benzene rings is 1. The van der Waals surface area contributed by atoms with Gasteiger partial charge in [0.2, 0.25) is 11.8 Å². The number of thiophene rings is 1. The molecule has 31 heavy (non-hydrogen) atoms. The quantitative estimate of drug-likeness (QED) is 0.653. The second-order valence-corrected chi connectivity index (χ2v) is 8.59. The summed E-state index contributed by atoms with van der Waals surface area (Å²) in [5.74, 6) is 0.464. The average Bonchev–Trinajstić information content (AvgIpc) is 3.10. The number of fused-ring (bicyclic) bond motifs is 1. The van der Waals surface area contributed by atoms with Crippen molar-refractivity contribution in [2.24, 2.45) is 0 Å². The van der Waals surface area contributed by atoms with E-state index in [-0.39, 0.29) is 37.2 Å². The molecule has 2 N–H and O–H groups in total. The van der Waals surface area contributed by atoms with Gasteiger partial charge < -0.3 is 20.1 Å². The van der Waals surface area contributed by atoms with Gasteiger partial charge in [0, 0.05) is 24.3 Å². The zero-order chi connectivity index (χ0) is 22.4. The lowest BCUT2D eigenvalue weighted by atomic mass is 9.96. The summed E-state index contributed by atoms with van der Waals surface area (Å²) >= 11 is 1.35. The van der Waals surface area contributed by atoms with Crippen molar-refractivity contribution in [3.8, 4) is 11.8 Å². The van der Waals surface area contributed by atoms with Crippen LogP contribution < -0.4 is 10.1 Å². The highest BCUT2D eigenvalue weighted by Crippen LogP contribution is 2.37. The molecule has 0 bridgehead atoms. The third kappa shape index (κ3) is 5.24. The number of rotatable bonds is 8. The molecule has 1 aliphatic heterocycles. The Hall–Kier alpha value is -2.89. The molecule has 1 aromatic heterocycles. The van der Waals surface area contributed by atoms with E-state index in [0.717, 1.165) is 21.8 Å². The Morgan fingerprint density at radius 1 is 1.39 bits per heavy atom. The number of hydrogen-bond donors (Lipinski definition) is 2. The van der Waals surface area contributed by atoms with Crippen LogP contribution in [0.3, 0.4) is 0 Å². The van der Waals surface area contributed by atoms with Crippen molar-refractivity contribution >= 4 is 28.2 Å². The van der Waals surface area contributed by atoms with Crippen LogP contribution in [0.5, 0.6) is 5.75 Å². The molecule has 1 atom stereocenters. The van der Waals surface area contributed by atoms with E-state index in [0.29, 0.717) is 36.7 Å². The Balaban J connectivity index is 1.71. The molecule has 3 rings (SSSR count). The van der Waals surface area contributed by atoms with Crippen LogP contribution in [0.4, 0.5) is 5.00 Å². The molecular weight excluding hydrogens is 414 g/mol. The predicted octanol–water partition coefficient (Wildman–Crippen LogP) is 3.42. The predicted molar refractivity (Wildman–Crippen MR) is 119 cm³/mol. The van der Waals surface area contributed by atoms with Crippen LogP contribution in [-0.4, -0.2) is 41.6 Å². The molecule has 2 amide bonds. The third-order valence-corrected chi connectivity index (χ3v) is 6.47. The van der Waals surface area contributed by atoms with Crippen LogP contribution in [-0.2, 0) is 22.6 Å². The van der Waals surface area contributed by atoms with Crippen LogP contribution in [0.2, 0.25) is 0 Å². The smallest absolute Gasteiger partial charge is 0.225 e. The lowest BCUT2D eigenvalue weighted by Gasteiger charge is -2.26. The molecule has 0 aliphatic carbocycles. The first-order valence-electron chi connectivity index (χ1n) is 10.4. The maximum Gasteiger partial charge on any atom is 0.225 e. The average molecular weight is 442 g/mol.